The Morgan fingerprint density at radius 1 is 1.16 bits per heavy atom. The zero-order chi connectivity index (χ0) is 21.8. The van der Waals surface area contributed by atoms with Gasteiger partial charge >= 0.3 is 5.97 Å². The third-order valence-corrected chi connectivity index (χ3v) is 6.61. The smallest absolute Gasteiger partial charge is 0.376 e. The number of fused-ring (bicyclic) bond motifs is 2. The molecule has 1 spiro atoms. The molecular weight excluding hydrogens is 392 g/mol. The quantitative estimate of drug-likeness (QED) is 0.712. The Labute approximate surface area is 181 Å². The first-order valence-electron chi connectivity index (χ1n) is 10.8. The van der Waals surface area contributed by atoms with Crippen molar-refractivity contribution in [3.63, 3.8) is 0 Å². The lowest BCUT2D eigenvalue weighted by molar-refractivity contribution is -0.135. The van der Waals surface area contributed by atoms with Crippen molar-refractivity contribution in [2.75, 3.05) is 28.5 Å². The van der Waals surface area contributed by atoms with Crippen LogP contribution in [0.2, 0.25) is 0 Å². The van der Waals surface area contributed by atoms with Crippen LogP contribution < -0.4 is 14.8 Å². The number of nitrogens with zero attached hydrogens (tertiary/aromatic N) is 4. The minimum atomic E-state index is -0.782. The van der Waals surface area contributed by atoms with Crippen LogP contribution >= 0.6 is 0 Å². The van der Waals surface area contributed by atoms with E-state index in [4.69, 9.17) is 9.84 Å². The van der Waals surface area contributed by atoms with Gasteiger partial charge in [0, 0.05) is 7.05 Å². The van der Waals surface area contributed by atoms with E-state index in [9.17, 15) is 9.59 Å². The van der Waals surface area contributed by atoms with Crippen molar-refractivity contribution in [1.29, 1.82) is 0 Å². The number of hydrazone groups is 1. The van der Waals surface area contributed by atoms with E-state index in [2.05, 4.69) is 0 Å². The molecule has 0 N–H and O–H groups in total. The molecule has 2 aromatic rings. The molecule has 2 heterocycles. The minimum Gasteiger partial charge on any atom is -0.460 e. The molecule has 31 heavy (non-hydrogen) atoms. The summed E-state index contributed by atoms with van der Waals surface area (Å²) in [4.78, 5) is 30.4. The molecule has 2 aliphatic heterocycles. The zero-order valence-electron chi connectivity index (χ0n) is 18.0. The molecule has 0 bridgehead atoms. The van der Waals surface area contributed by atoms with E-state index in [1.54, 1.807) is 11.8 Å². The molecule has 7 heteroatoms. The number of hydrogen-bond acceptors (Lipinski definition) is 6. The van der Waals surface area contributed by atoms with Crippen molar-refractivity contribution in [3.05, 3.63) is 54.1 Å². The maximum atomic E-state index is 13.7. The number of amidine groups is 1. The Kier molecular flexibility index (Phi) is 4.50. The number of carbonyl (C=O) groups is 2. The highest BCUT2D eigenvalue weighted by Gasteiger charge is 2.63. The Morgan fingerprint density at radius 2 is 1.87 bits per heavy atom. The Hall–Kier alpha value is -3.35. The summed E-state index contributed by atoms with van der Waals surface area (Å²) in [5, 5.41) is 6.71. The number of para-hydroxylation sites is 2. The summed E-state index contributed by atoms with van der Waals surface area (Å²) in [6.45, 7) is 4.07. The summed E-state index contributed by atoms with van der Waals surface area (Å²) < 4.78 is 5.40. The molecule has 7 nitrogen and oxygen atoms in total. The number of amides is 1. The second-order valence-electron chi connectivity index (χ2n) is 8.34. The summed E-state index contributed by atoms with van der Waals surface area (Å²) in [5.41, 5.74) is 2.77. The molecule has 1 fully saturated rings. The molecule has 2 aromatic carbocycles. The van der Waals surface area contributed by atoms with Gasteiger partial charge in [-0.15, -0.1) is 5.10 Å². The lowest BCUT2D eigenvalue weighted by Gasteiger charge is -2.43. The summed E-state index contributed by atoms with van der Waals surface area (Å²) in [6, 6.07) is 15.8. The summed E-state index contributed by atoms with van der Waals surface area (Å²) in [6.07, 6.45) is 2.32. The van der Waals surface area contributed by atoms with Gasteiger partial charge in [-0.2, -0.15) is 0 Å². The van der Waals surface area contributed by atoms with Gasteiger partial charge in [0.25, 0.3) is 0 Å². The molecule has 2 atom stereocenters. The van der Waals surface area contributed by atoms with E-state index >= 15 is 0 Å². The van der Waals surface area contributed by atoms with Gasteiger partial charge < -0.3 is 9.64 Å². The van der Waals surface area contributed by atoms with Crippen LogP contribution in [0.25, 0.3) is 0 Å². The van der Waals surface area contributed by atoms with E-state index in [0.717, 1.165) is 35.5 Å². The number of benzene rings is 2. The second kappa shape index (κ2) is 7.11. The second-order valence-corrected chi connectivity index (χ2v) is 8.34. The van der Waals surface area contributed by atoms with Crippen molar-refractivity contribution in [2.24, 2.45) is 11.0 Å². The van der Waals surface area contributed by atoms with Crippen molar-refractivity contribution in [3.8, 4) is 0 Å². The van der Waals surface area contributed by atoms with Gasteiger partial charge in [0.1, 0.15) is 0 Å². The fourth-order valence-corrected chi connectivity index (χ4v) is 5.23. The number of carbonyl (C=O) groups excluding carboxylic acids is 2. The summed E-state index contributed by atoms with van der Waals surface area (Å²) in [5.74, 6) is -0.537. The molecule has 0 saturated heterocycles. The first-order chi connectivity index (χ1) is 15.0. The molecule has 1 saturated carbocycles. The third-order valence-electron chi connectivity index (χ3n) is 6.61. The highest BCUT2D eigenvalue weighted by Crippen LogP contribution is 2.54. The van der Waals surface area contributed by atoms with Crippen LogP contribution in [-0.4, -0.2) is 37.0 Å². The molecule has 1 amide bonds. The number of hydrogen-bond donors (Lipinski definition) is 0. The Balaban J connectivity index is 1.78. The van der Waals surface area contributed by atoms with E-state index in [-0.39, 0.29) is 24.3 Å². The predicted octanol–water partition coefficient (Wildman–Crippen LogP) is 3.67. The standard InChI is InChI=1S/C24H26N4O3/c1-4-31-23(30)21-25-28(17-13-11-16(2)12-14-17)24-15-7-8-18(24)22(29)26(3)19-9-5-6-10-20(19)27(21)24/h5-6,9-14,18H,4,7-8,15H2,1-3H3/t18-,24+/m1/s1. The number of aryl methyl sites for hydroxylation is 1. The van der Waals surface area contributed by atoms with E-state index in [1.807, 2.05) is 72.4 Å². The monoisotopic (exact) mass is 418 g/mol. The molecule has 3 aliphatic rings. The van der Waals surface area contributed by atoms with Crippen LogP contribution in [0.5, 0.6) is 0 Å². The SMILES string of the molecule is CCOC(=O)C1=NN(c2ccc(C)cc2)[C@@]23CCC[C@@H]2C(=O)N(C)c2ccccc2N13. The first-order valence-corrected chi connectivity index (χ1v) is 10.8. The van der Waals surface area contributed by atoms with Gasteiger partial charge in [-0.25, -0.2) is 9.80 Å². The van der Waals surface area contributed by atoms with Crippen LogP contribution in [0.1, 0.15) is 31.7 Å². The van der Waals surface area contributed by atoms with Gasteiger partial charge in [-0.1, -0.05) is 29.8 Å². The van der Waals surface area contributed by atoms with Gasteiger partial charge in [0.05, 0.1) is 29.6 Å². The highest BCUT2D eigenvalue weighted by molar-refractivity contribution is 6.43. The third kappa shape index (κ3) is 2.69. The van der Waals surface area contributed by atoms with E-state index in [1.165, 1.54) is 0 Å². The fourth-order valence-electron chi connectivity index (χ4n) is 5.23. The first kappa shape index (κ1) is 19.6. The van der Waals surface area contributed by atoms with Crippen molar-refractivity contribution < 1.29 is 14.3 Å². The van der Waals surface area contributed by atoms with Crippen LogP contribution in [-0.2, 0) is 14.3 Å². The molecule has 0 aromatic heterocycles. The molecule has 5 rings (SSSR count). The maximum absolute atomic E-state index is 13.7. The topological polar surface area (TPSA) is 65.5 Å². The molecule has 1 aliphatic carbocycles. The summed E-state index contributed by atoms with van der Waals surface area (Å²) in [7, 11) is 1.81. The van der Waals surface area contributed by atoms with Crippen LogP contribution in [0.3, 0.4) is 0 Å². The van der Waals surface area contributed by atoms with E-state index in [0.29, 0.717) is 6.42 Å². The number of anilines is 3. The average Bonchev–Trinajstić information content (AvgIpc) is 3.34. The normalized spacial score (nSPS) is 24.4. The van der Waals surface area contributed by atoms with Gasteiger partial charge in [0.2, 0.25) is 11.7 Å². The fraction of sp³-hybridized carbons (Fsp3) is 0.375. The Bertz CT molecular complexity index is 1080. The summed E-state index contributed by atoms with van der Waals surface area (Å²) >= 11 is 0. The van der Waals surface area contributed by atoms with Gasteiger partial charge in [-0.05, 0) is 57.4 Å². The number of ether oxygens (including phenoxy) is 1. The Morgan fingerprint density at radius 3 is 2.58 bits per heavy atom. The molecule has 0 radical (unpaired) electrons. The lowest BCUT2D eigenvalue weighted by atomic mass is 9.92. The van der Waals surface area contributed by atoms with Gasteiger partial charge in [0.15, 0.2) is 5.66 Å². The number of esters is 1. The van der Waals surface area contributed by atoms with Crippen molar-refractivity contribution in [1.82, 2.24) is 0 Å². The number of rotatable bonds is 3. The van der Waals surface area contributed by atoms with Gasteiger partial charge in [-0.3, -0.25) is 9.69 Å². The zero-order valence-corrected chi connectivity index (χ0v) is 18.0. The molecule has 0 unspecified atom stereocenters. The lowest BCUT2D eigenvalue weighted by Crippen LogP contribution is -2.61. The molecule has 160 valence electrons. The van der Waals surface area contributed by atoms with Crippen LogP contribution in [0.15, 0.2) is 53.6 Å². The average molecular weight is 418 g/mol. The molecular formula is C24H26N4O3. The largest absolute Gasteiger partial charge is 0.460 e. The van der Waals surface area contributed by atoms with E-state index < -0.39 is 11.6 Å². The maximum Gasteiger partial charge on any atom is 0.376 e. The van der Waals surface area contributed by atoms with Crippen molar-refractivity contribution >= 4 is 34.8 Å². The van der Waals surface area contributed by atoms with Crippen LogP contribution in [0, 0.1) is 12.8 Å². The van der Waals surface area contributed by atoms with Crippen molar-refractivity contribution in [2.45, 2.75) is 38.8 Å². The predicted molar refractivity (Wildman–Crippen MR) is 120 cm³/mol. The minimum absolute atomic E-state index is 0.0462. The highest BCUT2D eigenvalue weighted by atomic mass is 16.5. The van der Waals surface area contributed by atoms with Crippen LogP contribution in [0.4, 0.5) is 17.1 Å².